The number of carbonyl (C=O) groups excluding carboxylic acids is 2. The monoisotopic (exact) mass is 457 g/mol. The van der Waals surface area contributed by atoms with Crippen LogP contribution >= 0.6 is 0 Å². The zero-order valence-electron chi connectivity index (χ0n) is 17.2. The summed E-state index contributed by atoms with van der Waals surface area (Å²) in [5.74, 6) is -1.09. The number of hydrogen-bond donors (Lipinski definition) is 3. The molecule has 0 saturated carbocycles. The van der Waals surface area contributed by atoms with Gasteiger partial charge in [0.25, 0.3) is 15.9 Å². The molecular weight excluding hydrogens is 437 g/mol. The van der Waals surface area contributed by atoms with Crippen molar-refractivity contribution in [3.63, 3.8) is 0 Å². The van der Waals surface area contributed by atoms with E-state index in [2.05, 4.69) is 15.4 Å². The Morgan fingerprint density at radius 2 is 1.56 bits per heavy atom. The van der Waals surface area contributed by atoms with Gasteiger partial charge in [-0.25, -0.2) is 12.8 Å². The molecule has 166 valence electrons. The van der Waals surface area contributed by atoms with Crippen LogP contribution in [0.25, 0.3) is 0 Å². The van der Waals surface area contributed by atoms with Gasteiger partial charge in [0, 0.05) is 18.6 Å². The normalized spacial score (nSPS) is 10.8. The quantitative estimate of drug-likeness (QED) is 0.499. The van der Waals surface area contributed by atoms with Gasteiger partial charge in [-0.15, -0.1) is 0 Å². The summed E-state index contributed by atoms with van der Waals surface area (Å²) in [6.45, 7) is 1.34. The van der Waals surface area contributed by atoms with Crippen LogP contribution < -0.4 is 20.1 Å². The lowest BCUT2D eigenvalue weighted by atomic mass is 10.2. The van der Waals surface area contributed by atoms with Crippen LogP contribution in [0, 0.1) is 5.82 Å². The van der Waals surface area contributed by atoms with Crippen LogP contribution in [0.15, 0.2) is 71.6 Å². The fraction of sp³-hybridized carbons (Fsp3) is 0.0909. The molecule has 0 aliphatic rings. The summed E-state index contributed by atoms with van der Waals surface area (Å²) in [4.78, 5) is 23.9. The van der Waals surface area contributed by atoms with Gasteiger partial charge in [0.15, 0.2) is 0 Å². The molecule has 0 bridgehead atoms. The third kappa shape index (κ3) is 5.41. The lowest BCUT2D eigenvalue weighted by Crippen LogP contribution is -2.16. The highest BCUT2D eigenvalue weighted by Gasteiger charge is 2.17. The summed E-state index contributed by atoms with van der Waals surface area (Å²) in [6, 6.07) is 15.3. The van der Waals surface area contributed by atoms with Gasteiger partial charge in [-0.05, 0) is 48.5 Å². The molecule has 32 heavy (non-hydrogen) atoms. The highest BCUT2D eigenvalue weighted by molar-refractivity contribution is 7.92. The van der Waals surface area contributed by atoms with Gasteiger partial charge in [0.05, 0.1) is 29.1 Å². The van der Waals surface area contributed by atoms with Gasteiger partial charge in [0.1, 0.15) is 11.6 Å². The van der Waals surface area contributed by atoms with Crippen molar-refractivity contribution in [1.82, 2.24) is 0 Å². The largest absolute Gasteiger partial charge is 0.497 e. The SMILES string of the molecule is COc1ccc(NC(C)=O)c(NC(=O)c2ccc(S(=O)(=O)Nc3ccccc3F)cc2)c1. The zero-order chi connectivity index (χ0) is 23.3. The Morgan fingerprint density at radius 1 is 0.875 bits per heavy atom. The predicted molar refractivity (Wildman–Crippen MR) is 119 cm³/mol. The van der Waals surface area contributed by atoms with Crippen LogP contribution in [0.4, 0.5) is 21.5 Å². The molecule has 0 atom stereocenters. The Morgan fingerprint density at radius 3 is 2.19 bits per heavy atom. The molecular formula is C22H20FN3O5S. The smallest absolute Gasteiger partial charge is 0.261 e. The van der Waals surface area contributed by atoms with E-state index in [4.69, 9.17) is 4.74 Å². The van der Waals surface area contributed by atoms with Crippen molar-refractivity contribution in [2.45, 2.75) is 11.8 Å². The molecule has 0 heterocycles. The first-order valence-electron chi connectivity index (χ1n) is 9.34. The van der Waals surface area contributed by atoms with E-state index >= 15 is 0 Å². The Bertz CT molecular complexity index is 1260. The van der Waals surface area contributed by atoms with Crippen LogP contribution in [0.2, 0.25) is 0 Å². The summed E-state index contributed by atoms with van der Waals surface area (Å²) in [5, 5.41) is 5.27. The van der Waals surface area contributed by atoms with Gasteiger partial charge in [-0.3, -0.25) is 14.3 Å². The number of para-hydroxylation sites is 1. The van der Waals surface area contributed by atoms with Gasteiger partial charge < -0.3 is 15.4 Å². The standard InChI is InChI=1S/C22H20FN3O5S/c1-14(27)24-20-12-9-16(31-2)13-21(20)25-22(28)15-7-10-17(11-8-15)32(29,30)26-19-6-4-3-5-18(19)23/h3-13,26H,1-2H3,(H,24,27)(H,25,28). The number of methoxy groups -OCH3 is 1. The van der Waals surface area contributed by atoms with E-state index in [1.807, 2.05) is 0 Å². The molecule has 0 spiro atoms. The van der Waals surface area contributed by atoms with Crippen molar-refractivity contribution in [1.29, 1.82) is 0 Å². The summed E-state index contributed by atoms with van der Waals surface area (Å²) >= 11 is 0. The van der Waals surface area contributed by atoms with Crippen LogP contribution in [-0.2, 0) is 14.8 Å². The van der Waals surface area contributed by atoms with Crippen LogP contribution in [0.5, 0.6) is 5.75 Å². The topological polar surface area (TPSA) is 114 Å². The van der Waals surface area contributed by atoms with Crippen molar-refractivity contribution in [3.8, 4) is 5.75 Å². The molecule has 3 aromatic carbocycles. The van der Waals surface area contributed by atoms with E-state index < -0.39 is 21.7 Å². The minimum atomic E-state index is -4.05. The maximum absolute atomic E-state index is 13.8. The molecule has 0 aliphatic carbocycles. The number of halogens is 1. The third-order valence-electron chi connectivity index (χ3n) is 4.33. The second-order valence-electron chi connectivity index (χ2n) is 6.66. The van der Waals surface area contributed by atoms with Gasteiger partial charge in [-0.2, -0.15) is 0 Å². The molecule has 0 aromatic heterocycles. The molecule has 10 heteroatoms. The fourth-order valence-electron chi connectivity index (χ4n) is 2.78. The summed E-state index contributed by atoms with van der Waals surface area (Å²) < 4.78 is 46.1. The van der Waals surface area contributed by atoms with E-state index in [1.165, 1.54) is 56.5 Å². The zero-order valence-corrected chi connectivity index (χ0v) is 18.0. The number of nitrogens with one attached hydrogen (secondary N) is 3. The van der Waals surface area contributed by atoms with E-state index in [-0.39, 0.29) is 22.1 Å². The number of sulfonamides is 1. The average Bonchev–Trinajstić information content (AvgIpc) is 2.76. The maximum atomic E-state index is 13.8. The van der Waals surface area contributed by atoms with Gasteiger partial charge >= 0.3 is 0 Å². The molecule has 3 rings (SSSR count). The van der Waals surface area contributed by atoms with Gasteiger partial charge in [0.2, 0.25) is 5.91 Å². The van der Waals surface area contributed by atoms with Crippen molar-refractivity contribution in [3.05, 3.63) is 78.1 Å². The molecule has 0 radical (unpaired) electrons. The minimum absolute atomic E-state index is 0.141. The molecule has 3 aromatic rings. The maximum Gasteiger partial charge on any atom is 0.261 e. The minimum Gasteiger partial charge on any atom is -0.497 e. The second-order valence-corrected chi connectivity index (χ2v) is 8.34. The molecule has 3 N–H and O–H groups in total. The van der Waals surface area contributed by atoms with Crippen LogP contribution in [-0.4, -0.2) is 27.3 Å². The number of benzene rings is 3. The Kier molecular flexibility index (Phi) is 6.74. The average molecular weight is 457 g/mol. The number of carbonyl (C=O) groups is 2. The lowest BCUT2D eigenvalue weighted by molar-refractivity contribution is -0.114. The van der Waals surface area contributed by atoms with E-state index in [0.717, 1.165) is 6.07 Å². The van der Waals surface area contributed by atoms with E-state index in [9.17, 15) is 22.4 Å². The number of amides is 2. The third-order valence-corrected chi connectivity index (χ3v) is 5.71. The molecule has 8 nitrogen and oxygen atoms in total. The molecule has 0 fully saturated rings. The lowest BCUT2D eigenvalue weighted by Gasteiger charge is -2.13. The van der Waals surface area contributed by atoms with Crippen molar-refractivity contribution < 1.29 is 27.1 Å². The molecule has 2 amide bonds. The fourth-order valence-corrected chi connectivity index (χ4v) is 3.85. The summed E-state index contributed by atoms with van der Waals surface area (Å²) in [5.41, 5.74) is 0.673. The van der Waals surface area contributed by atoms with Crippen molar-refractivity contribution >= 4 is 38.9 Å². The van der Waals surface area contributed by atoms with E-state index in [1.54, 1.807) is 18.2 Å². The number of rotatable bonds is 7. The number of anilines is 3. The Labute approximate surface area is 184 Å². The summed E-state index contributed by atoms with van der Waals surface area (Å²) in [6.07, 6.45) is 0. The Hall–Kier alpha value is -3.92. The first kappa shape index (κ1) is 22.8. The molecule has 0 aliphatic heterocycles. The number of ether oxygens (including phenoxy) is 1. The van der Waals surface area contributed by atoms with Crippen molar-refractivity contribution in [2.24, 2.45) is 0 Å². The van der Waals surface area contributed by atoms with Crippen LogP contribution in [0.1, 0.15) is 17.3 Å². The molecule has 0 unspecified atom stereocenters. The number of hydrogen-bond acceptors (Lipinski definition) is 5. The first-order chi connectivity index (χ1) is 15.2. The Balaban J connectivity index is 1.80. The summed E-state index contributed by atoms with van der Waals surface area (Å²) in [7, 11) is -2.59. The van der Waals surface area contributed by atoms with Crippen LogP contribution in [0.3, 0.4) is 0 Å². The van der Waals surface area contributed by atoms with Gasteiger partial charge in [-0.1, -0.05) is 12.1 Å². The molecule has 0 saturated heterocycles. The highest BCUT2D eigenvalue weighted by atomic mass is 32.2. The van der Waals surface area contributed by atoms with Crippen molar-refractivity contribution in [2.75, 3.05) is 22.5 Å². The predicted octanol–water partition coefficient (Wildman–Crippen LogP) is 3.85. The first-order valence-corrected chi connectivity index (χ1v) is 10.8. The van der Waals surface area contributed by atoms with E-state index in [0.29, 0.717) is 17.1 Å². The highest BCUT2D eigenvalue weighted by Crippen LogP contribution is 2.28. The second kappa shape index (κ2) is 9.48.